The number of nitrogens with zero attached hydrogens (tertiary/aromatic N) is 1. The molecule has 1 rings (SSSR count). The highest BCUT2D eigenvalue weighted by Crippen LogP contribution is 2.17. The Kier molecular flexibility index (Phi) is 4.15. The normalized spacial score (nSPS) is 9.65. The molecule has 0 aromatic heterocycles. The van der Waals surface area contributed by atoms with Crippen molar-refractivity contribution in [3.63, 3.8) is 0 Å². The average molecular weight is 238 g/mol. The summed E-state index contributed by atoms with van der Waals surface area (Å²) in [5.41, 5.74) is 2.07. The number of anilines is 1. The van der Waals surface area contributed by atoms with Gasteiger partial charge in [0, 0.05) is 12.0 Å². The van der Waals surface area contributed by atoms with Crippen LogP contribution in [0.5, 0.6) is 0 Å². The van der Waals surface area contributed by atoms with Gasteiger partial charge in [-0.3, -0.25) is 9.59 Å². The highest BCUT2D eigenvalue weighted by Gasteiger charge is 2.14. The molecule has 0 aliphatic heterocycles. The average Bonchev–Trinajstić information content (AvgIpc) is 2.25. The molecule has 17 heavy (non-hydrogen) atoms. The fraction of sp³-hybridized carbons (Fsp3) is 0.200. The summed E-state index contributed by atoms with van der Waals surface area (Å²) >= 11 is 0. The molecule has 0 saturated heterocycles. The van der Waals surface area contributed by atoms with E-state index < -0.39 is 16.8 Å². The van der Waals surface area contributed by atoms with Crippen molar-refractivity contribution in [2.24, 2.45) is 0 Å². The first-order chi connectivity index (χ1) is 8.00. The molecule has 0 saturated carbocycles. The van der Waals surface area contributed by atoms with Gasteiger partial charge in [-0.05, 0) is 12.1 Å². The Morgan fingerprint density at radius 3 is 2.53 bits per heavy atom. The van der Waals surface area contributed by atoms with Crippen LogP contribution in [0.15, 0.2) is 24.3 Å². The van der Waals surface area contributed by atoms with Gasteiger partial charge in [0.1, 0.15) is 5.69 Å². The van der Waals surface area contributed by atoms with Gasteiger partial charge in [0.15, 0.2) is 10.8 Å². The third-order valence-corrected chi connectivity index (χ3v) is 2.01. The third kappa shape index (κ3) is 3.90. The molecule has 0 fully saturated rings. The molecule has 7 heteroatoms. The van der Waals surface area contributed by atoms with E-state index in [0.717, 1.165) is 0 Å². The first-order valence-corrected chi connectivity index (χ1v) is 4.76. The molecule has 0 heterocycles. The number of carboxylic acid groups (broad SMARTS) is 1. The summed E-state index contributed by atoms with van der Waals surface area (Å²) in [5, 5.41) is 18.0. The zero-order valence-electron chi connectivity index (χ0n) is 8.75. The first kappa shape index (κ1) is 12.6. The van der Waals surface area contributed by atoms with Crippen LogP contribution < -0.4 is 5.43 Å². The lowest BCUT2D eigenvalue weighted by Crippen LogP contribution is -2.12. The molecule has 90 valence electrons. The lowest BCUT2D eigenvalue weighted by molar-refractivity contribution is -0.445. The zero-order chi connectivity index (χ0) is 12.8. The van der Waals surface area contributed by atoms with E-state index in [4.69, 9.17) is 5.11 Å². The van der Waals surface area contributed by atoms with Crippen molar-refractivity contribution in [3.8, 4) is 0 Å². The van der Waals surface area contributed by atoms with Crippen LogP contribution in [0.25, 0.3) is 0 Å². The van der Waals surface area contributed by atoms with Crippen LogP contribution in [0, 0.1) is 10.1 Å². The predicted octanol–water partition coefficient (Wildman–Crippen LogP) is 1.34. The van der Waals surface area contributed by atoms with Crippen LogP contribution in [0.3, 0.4) is 0 Å². The second-order valence-corrected chi connectivity index (χ2v) is 3.23. The highest BCUT2D eigenvalue weighted by molar-refractivity contribution is 6.01. The minimum Gasteiger partial charge on any atom is -0.481 e. The third-order valence-electron chi connectivity index (χ3n) is 2.01. The van der Waals surface area contributed by atoms with E-state index in [1.165, 1.54) is 12.1 Å². The fourth-order valence-corrected chi connectivity index (χ4v) is 1.28. The number of benzene rings is 1. The summed E-state index contributed by atoms with van der Waals surface area (Å²) in [5.74, 6) is -1.53. The van der Waals surface area contributed by atoms with Crippen molar-refractivity contribution >= 4 is 17.4 Å². The van der Waals surface area contributed by atoms with Gasteiger partial charge in [-0.2, -0.15) is 0 Å². The predicted molar refractivity (Wildman–Crippen MR) is 58.3 cm³/mol. The number of hydrazine groups is 1. The van der Waals surface area contributed by atoms with Gasteiger partial charge in [-0.1, -0.05) is 12.1 Å². The number of nitro groups is 1. The minimum atomic E-state index is -1.09. The maximum Gasteiger partial charge on any atom is 0.303 e. The SMILES string of the molecule is O=C(O)CCC(=O)c1ccccc1N[N+](=O)[O-]. The number of carboxylic acids is 1. The number of para-hydroxylation sites is 1. The number of ketones is 1. The molecule has 2 N–H and O–H groups in total. The summed E-state index contributed by atoms with van der Waals surface area (Å²) in [7, 11) is 0. The molecular formula is C10H10N2O5. The fourth-order valence-electron chi connectivity index (χ4n) is 1.28. The molecule has 0 atom stereocenters. The maximum atomic E-state index is 11.6. The van der Waals surface area contributed by atoms with Crippen LogP contribution in [0.1, 0.15) is 23.2 Å². The van der Waals surface area contributed by atoms with Crippen molar-refractivity contribution in [3.05, 3.63) is 39.9 Å². The molecule has 0 amide bonds. The van der Waals surface area contributed by atoms with Gasteiger partial charge in [0.2, 0.25) is 0 Å². The van der Waals surface area contributed by atoms with Gasteiger partial charge in [-0.15, -0.1) is 5.43 Å². The lowest BCUT2D eigenvalue weighted by Gasteiger charge is -2.04. The van der Waals surface area contributed by atoms with Gasteiger partial charge in [-0.25, -0.2) is 10.1 Å². The number of hydrogen-bond acceptors (Lipinski definition) is 4. The Balaban J connectivity index is 2.85. The van der Waals surface area contributed by atoms with Crippen molar-refractivity contribution in [2.75, 3.05) is 5.43 Å². The van der Waals surface area contributed by atoms with Crippen molar-refractivity contribution in [1.82, 2.24) is 0 Å². The Bertz CT molecular complexity index is 458. The van der Waals surface area contributed by atoms with E-state index in [2.05, 4.69) is 0 Å². The number of carbonyl (C=O) groups excluding carboxylic acids is 1. The van der Waals surface area contributed by atoms with Crippen molar-refractivity contribution in [1.29, 1.82) is 0 Å². The van der Waals surface area contributed by atoms with E-state index in [9.17, 15) is 19.7 Å². The summed E-state index contributed by atoms with van der Waals surface area (Å²) < 4.78 is 0. The van der Waals surface area contributed by atoms with Crippen LogP contribution in [0.2, 0.25) is 0 Å². The number of rotatable bonds is 6. The second kappa shape index (κ2) is 5.59. The molecule has 0 spiro atoms. The molecule has 0 aliphatic carbocycles. The van der Waals surface area contributed by atoms with E-state index in [1.54, 1.807) is 12.1 Å². The topological polar surface area (TPSA) is 110 Å². The number of aliphatic carboxylic acids is 1. The number of nitrogens with one attached hydrogen (secondary N) is 1. The van der Waals surface area contributed by atoms with Gasteiger partial charge in [0.05, 0.1) is 6.42 Å². The van der Waals surface area contributed by atoms with Crippen molar-refractivity contribution in [2.45, 2.75) is 12.8 Å². The second-order valence-electron chi connectivity index (χ2n) is 3.23. The smallest absolute Gasteiger partial charge is 0.303 e. The van der Waals surface area contributed by atoms with Crippen LogP contribution in [-0.2, 0) is 4.79 Å². The Labute approximate surface area is 96.2 Å². The Morgan fingerprint density at radius 2 is 1.94 bits per heavy atom. The quantitative estimate of drug-likeness (QED) is 0.439. The molecule has 1 aromatic carbocycles. The molecule has 7 nitrogen and oxygen atoms in total. The van der Waals surface area contributed by atoms with E-state index in [0.29, 0.717) is 0 Å². The van der Waals surface area contributed by atoms with E-state index in [-0.39, 0.29) is 24.1 Å². The van der Waals surface area contributed by atoms with Gasteiger partial charge < -0.3 is 5.11 Å². The summed E-state index contributed by atoms with van der Waals surface area (Å²) in [6.07, 6.45) is -0.489. The van der Waals surface area contributed by atoms with Crippen molar-refractivity contribution < 1.29 is 19.7 Å². The highest BCUT2D eigenvalue weighted by atomic mass is 16.7. The standard InChI is InChI=1S/C10H10N2O5/c13-9(5-6-10(14)15)7-3-1-2-4-8(7)11-12(16)17/h1-4,11H,5-6H2,(H,14,15). The number of Topliss-reactive ketones (excluding diaryl/α,β-unsaturated/α-hetero) is 1. The monoisotopic (exact) mass is 238 g/mol. The number of carbonyl (C=O) groups is 2. The number of hydrogen-bond donors (Lipinski definition) is 2. The van der Waals surface area contributed by atoms with Crippen LogP contribution in [-0.4, -0.2) is 21.9 Å². The molecule has 0 radical (unpaired) electrons. The zero-order valence-corrected chi connectivity index (χ0v) is 8.75. The summed E-state index contributed by atoms with van der Waals surface area (Å²) in [4.78, 5) is 32.2. The molecule has 0 aliphatic rings. The molecule has 0 bridgehead atoms. The summed E-state index contributed by atoms with van der Waals surface area (Å²) in [6, 6.07) is 5.89. The maximum absolute atomic E-state index is 11.6. The van der Waals surface area contributed by atoms with E-state index >= 15 is 0 Å². The van der Waals surface area contributed by atoms with Gasteiger partial charge in [0.25, 0.3) is 0 Å². The van der Waals surface area contributed by atoms with E-state index in [1.807, 2.05) is 5.43 Å². The first-order valence-electron chi connectivity index (χ1n) is 4.76. The molecular weight excluding hydrogens is 228 g/mol. The largest absolute Gasteiger partial charge is 0.481 e. The Hall–Kier alpha value is -2.44. The Morgan fingerprint density at radius 1 is 1.29 bits per heavy atom. The lowest BCUT2D eigenvalue weighted by atomic mass is 10.0. The van der Waals surface area contributed by atoms with Gasteiger partial charge >= 0.3 is 5.97 Å². The summed E-state index contributed by atoms with van der Waals surface area (Å²) in [6.45, 7) is 0. The van der Waals surface area contributed by atoms with Crippen LogP contribution in [0.4, 0.5) is 5.69 Å². The molecule has 1 aromatic rings. The molecule has 0 unspecified atom stereocenters. The van der Waals surface area contributed by atoms with Crippen LogP contribution >= 0.6 is 0 Å². The minimum absolute atomic E-state index is 0.0629.